The lowest BCUT2D eigenvalue weighted by Gasteiger charge is -1.97. The summed E-state index contributed by atoms with van der Waals surface area (Å²) >= 11 is 0. The van der Waals surface area contributed by atoms with Gasteiger partial charge < -0.3 is 5.11 Å². The van der Waals surface area contributed by atoms with Gasteiger partial charge in [-0.05, 0) is 12.8 Å². The molecule has 0 saturated heterocycles. The van der Waals surface area contributed by atoms with Crippen LogP contribution < -0.4 is 0 Å². The number of rotatable bonds is 5. The number of carboxylic acid groups (broad SMARTS) is 1. The smallest absolute Gasteiger partial charge is 0.330 e. The number of hydrogen-bond acceptors (Lipinski definition) is 2. The molecule has 0 spiro atoms. The van der Waals surface area contributed by atoms with Crippen molar-refractivity contribution in [3.63, 3.8) is 0 Å². The Morgan fingerprint density at radius 1 is 1.57 bits per heavy atom. The van der Waals surface area contributed by atoms with E-state index in [1.807, 2.05) is 0 Å². The monoisotopic (exact) mass is 195 g/mol. The van der Waals surface area contributed by atoms with Gasteiger partial charge in [-0.1, -0.05) is 32.9 Å². The molecule has 0 aliphatic heterocycles. The van der Waals surface area contributed by atoms with Crippen LogP contribution in [0.3, 0.4) is 0 Å². The Morgan fingerprint density at radius 3 is 2.36 bits per heavy atom. The van der Waals surface area contributed by atoms with Gasteiger partial charge in [-0.3, -0.25) is 0 Å². The molecule has 1 N–H and O–H groups in total. The molecule has 0 atom stereocenters. The van der Waals surface area contributed by atoms with E-state index in [9.17, 15) is 4.79 Å². The van der Waals surface area contributed by atoms with Crippen molar-refractivity contribution in [2.24, 2.45) is 0 Å². The highest BCUT2D eigenvalue weighted by Crippen LogP contribution is 2.06. The van der Waals surface area contributed by atoms with Crippen molar-refractivity contribution < 1.29 is 9.90 Å². The first-order valence-corrected chi connectivity index (χ1v) is 4.51. The number of unbranched alkanes of at least 4 members (excludes halogenated alkanes) is 2. The van der Waals surface area contributed by atoms with Crippen LogP contribution in [0.1, 0.15) is 32.6 Å². The van der Waals surface area contributed by atoms with Gasteiger partial charge >= 0.3 is 5.97 Å². The summed E-state index contributed by atoms with van der Waals surface area (Å²) in [6.45, 7) is 8.63. The Labute approximate surface area is 85.4 Å². The summed E-state index contributed by atoms with van der Waals surface area (Å²) in [4.78, 5) is 10.2. The fraction of sp³-hybridized carbons (Fsp3) is 0.455. The lowest BCUT2D eigenvalue weighted by molar-refractivity contribution is -0.132. The van der Waals surface area contributed by atoms with Crippen molar-refractivity contribution in [1.29, 1.82) is 5.26 Å². The zero-order valence-electron chi connectivity index (χ0n) is 8.62. The molecule has 3 heteroatoms. The van der Waals surface area contributed by atoms with Gasteiger partial charge in [0.05, 0.1) is 6.07 Å². The number of allylic oxidation sites excluding steroid dienone is 1. The van der Waals surface area contributed by atoms with E-state index in [2.05, 4.69) is 20.1 Å². The normalized spacial score (nSPS) is 7.71. The van der Waals surface area contributed by atoms with Crippen LogP contribution in [-0.4, -0.2) is 11.1 Å². The molecule has 3 nitrogen and oxygen atoms in total. The summed E-state index contributed by atoms with van der Waals surface area (Å²) in [5.74, 6) is -0.865. The van der Waals surface area contributed by atoms with Crippen LogP contribution in [-0.2, 0) is 4.79 Å². The minimum atomic E-state index is -0.865. The number of hydrogen-bond donors (Lipinski definition) is 1. The first-order chi connectivity index (χ1) is 6.59. The predicted molar refractivity (Wildman–Crippen MR) is 56.7 cm³/mol. The van der Waals surface area contributed by atoms with Crippen LogP contribution in [0.15, 0.2) is 24.8 Å². The maximum absolute atomic E-state index is 10.2. The highest BCUT2D eigenvalue weighted by Gasteiger charge is 2.01. The second kappa shape index (κ2) is 11.4. The van der Waals surface area contributed by atoms with Gasteiger partial charge in [-0.25, -0.2) is 4.79 Å². The summed E-state index contributed by atoms with van der Waals surface area (Å²) in [5, 5.41) is 15.9. The summed E-state index contributed by atoms with van der Waals surface area (Å²) in [5.41, 5.74) is 0.327. The maximum atomic E-state index is 10.2. The maximum Gasteiger partial charge on any atom is 0.330 e. The molecule has 0 aliphatic carbocycles. The molecule has 0 aromatic rings. The van der Waals surface area contributed by atoms with Gasteiger partial charge in [0.25, 0.3) is 0 Å². The van der Waals surface area contributed by atoms with Gasteiger partial charge in [0.15, 0.2) is 0 Å². The number of carbonyl (C=O) groups is 1. The minimum Gasteiger partial charge on any atom is -0.478 e. The quantitative estimate of drug-likeness (QED) is 0.417. The topological polar surface area (TPSA) is 61.1 Å². The van der Waals surface area contributed by atoms with Gasteiger partial charge in [-0.15, -0.1) is 0 Å². The average Bonchev–Trinajstić information content (AvgIpc) is 2.18. The lowest BCUT2D eigenvalue weighted by Crippen LogP contribution is -1.98. The van der Waals surface area contributed by atoms with Crippen LogP contribution in [0.25, 0.3) is 0 Å². The average molecular weight is 195 g/mol. The molecule has 0 heterocycles. The van der Waals surface area contributed by atoms with Crippen LogP contribution in [0.4, 0.5) is 0 Å². The third-order valence-corrected chi connectivity index (χ3v) is 1.48. The molecular weight excluding hydrogens is 178 g/mol. The van der Waals surface area contributed by atoms with Gasteiger partial charge in [0, 0.05) is 11.6 Å². The molecular formula is C11H17NO2. The Morgan fingerprint density at radius 2 is 2.07 bits per heavy atom. The van der Waals surface area contributed by atoms with E-state index in [-0.39, 0.29) is 0 Å². The van der Waals surface area contributed by atoms with E-state index in [1.165, 1.54) is 6.08 Å². The van der Waals surface area contributed by atoms with E-state index >= 15 is 0 Å². The predicted octanol–water partition coefficient (Wildman–Crippen LogP) is 2.90. The van der Waals surface area contributed by atoms with Gasteiger partial charge in [0.1, 0.15) is 0 Å². The van der Waals surface area contributed by atoms with E-state index in [0.29, 0.717) is 12.0 Å². The van der Waals surface area contributed by atoms with E-state index in [1.54, 1.807) is 6.07 Å². The van der Waals surface area contributed by atoms with Crippen LogP contribution in [0.2, 0.25) is 0 Å². The van der Waals surface area contributed by atoms with Crippen molar-refractivity contribution in [2.75, 3.05) is 0 Å². The Kier molecular flexibility index (Phi) is 12.2. The van der Waals surface area contributed by atoms with Crippen LogP contribution in [0.5, 0.6) is 0 Å². The molecule has 0 aromatic carbocycles. The van der Waals surface area contributed by atoms with Crippen molar-refractivity contribution >= 4 is 5.97 Å². The van der Waals surface area contributed by atoms with E-state index in [4.69, 9.17) is 10.4 Å². The SMILES string of the molecule is C=C(CCCCC)C(=O)O.C=CC#N. The van der Waals surface area contributed by atoms with Gasteiger partial charge in [0.2, 0.25) is 0 Å². The van der Waals surface area contributed by atoms with Gasteiger partial charge in [-0.2, -0.15) is 5.26 Å². The van der Waals surface area contributed by atoms with E-state index in [0.717, 1.165) is 19.3 Å². The zero-order chi connectivity index (χ0) is 11.4. The largest absolute Gasteiger partial charge is 0.478 e. The highest BCUT2D eigenvalue weighted by molar-refractivity contribution is 5.85. The molecule has 0 rings (SSSR count). The minimum absolute atomic E-state index is 0.327. The molecule has 0 radical (unpaired) electrons. The Bertz CT molecular complexity index is 226. The van der Waals surface area contributed by atoms with Crippen molar-refractivity contribution in [2.45, 2.75) is 32.6 Å². The second-order valence-corrected chi connectivity index (χ2v) is 2.70. The van der Waals surface area contributed by atoms with Crippen molar-refractivity contribution in [1.82, 2.24) is 0 Å². The Hall–Kier alpha value is -1.56. The second-order valence-electron chi connectivity index (χ2n) is 2.70. The molecule has 78 valence electrons. The molecule has 14 heavy (non-hydrogen) atoms. The molecule has 0 unspecified atom stereocenters. The number of nitrogens with zero attached hydrogens (tertiary/aromatic N) is 1. The Balaban J connectivity index is 0. The summed E-state index contributed by atoms with van der Waals surface area (Å²) < 4.78 is 0. The molecule has 0 aliphatic rings. The molecule has 0 amide bonds. The first-order valence-electron chi connectivity index (χ1n) is 4.51. The fourth-order valence-corrected chi connectivity index (χ4v) is 0.695. The highest BCUT2D eigenvalue weighted by atomic mass is 16.4. The molecule has 0 saturated carbocycles. The number of aliphatic carboxylic acids is 1. The summed E-state index contributed by atoms with van der Waals surface area (Å²) in [7, 11) is 0. The number of carboxylic acids is 1. The first kappa shape index (κ1) is 14.9. The zero-order valence-corrected chi connectivity index (χ0v) is 8.62. The van der Waals surface area contributed by atoms with Crippen molar-refractivity contribution in [3.8, 4) is 6.07 Å². The van der Waals surface area contributed by atoms with Crippen LogP contribution in [0, 0.1) is 11.3 Å². The van der Waals surface area contributed by atoms with Crippen LogP contribution >= 0.6 is 0 Å². The van der Waals surface area contributed by atoms with Crippen molar-refractivity contribution in [3.05, 3.63) is 24.8 Å². The molecule has 0 aromatic heterocycles. The summed E-state index contributed by atoms with van der Waals surface area (Å²) in [6, 6.07) is 1.69. The number of nitriles is 1. The molecule has 0 bridgehead atoms. The third-order valence-electron chi connectivity index (χ3n) is 1.48. The van der Waals surface area contributed by atoms with E-state index < -0.39 is 5.97 Å². The third kappa shape index (κ3) is 13.1. The summed E-state index contributed by atoms with van der Waals surface area (Å²) in [6.07, 6.45) is 4.96. The fourth-order valence-electron chi connectivity index (χ4n) is 0.695. The standard InChI is InChI=1S/C8H14O2.C3H3N/c1-3-4-5-6-7(2)8(9)10;1-2-3-4/h2-6H2,1H3,(H,9,10);2H,1H2. The molecule has 0 fully saturated rings. The lowest BCUT2D eigenvalue weighted by atomic mass is 10.1.